The van der Waals surface area contributed by atoms with Gasteiger partial charge in [0.1, 0.15) is 5.78 Å². The zero-order chi connectivity index (χ0) is 13.0. The van der Waals surface area contributed by atoms with Crippen molar-refractivity contribution in [3.8, 4) is 0 Å². The normalized spacial score (nSPS) is 36.8. The Bertz CT molecular complexity index is 281. The number of carbonyl (C=O) groups excluding carboxylic acids is 1. The minimum atomic E-state index is -0.00975. The fourth-order valence-corrected chi connectivity index (χ4v) is 4.20. The number of hydrogen-bond acceptors (Lipinski definition) is 2. The van der Waals surface area contributed by atoms with E-state index in [1.54, 1.807) is 0 Å². The average molecular weight is 251 g/mol. The summed E-state index contributed by atoms with van der Waals surface area (Å²) in [7, 11) is 0. The van der Waals surface area contributed by atoms with Crippen molar-refractivity contribution in [1.29, 1.82) is 0 Å². The van der Waals surface area contributed by atoms with Crippen LogP contribution in [0.15, 0.2) is 0 Å². The summed E-state index contributed by atoms with van der Waals surface area (Å²) >= 11 is 0. The van der Waals surface area contributed by atoms with E-state index in [0.29, 0.717) is 17.6 Å². The molecule has 3 unspecified atom stereocenters. The largest absolute Gasteiger partial charge is 0.316 e. The summed E-state index contributed by atoms with van der Waals surface area (Å²) in [6, 6.07) is 0. The molecule has 2 aliphatic rings. The molecule has 1 saturated heterocycles. The summed E-state index contributed by atoms with van der Waals surface area (Å²) in [5, 5.41) is 3.43. The van der Waals surface area contributed by atoms with Gasteiger partial charge in [0.15, 0.2) is 0 Å². The number of rotatable bonds is 5. The lowest BCUT2D eigenvalue weighted by molar-refractivity contribution is -0.135. The van der Waals surface area contributed by atoms with Gasteiger partial charge in [0, 0.05) is 17.9 Å². The van der Waals surface area contributed by atoms with Crippen molar-refractivity contribution in [2.24, 2.45) is 17.3 Å². The van der Waals surface area contributed by atoms with E-state index in [2.05, 4.69) is 19.2 Å². The van der Waals surface area contributed by atoms with Gasteiger partial charge in [0.2, 0.25) is 0 Å². The lowest BCUT2D eigenvalue weighted by Crippen LogP contribution is -2.41. The molecule has 2 fully saturated rings. The van der Waals surface area contributed by atoms with E-state index in [0.717, 1.165) is 38.8 Å². The molecule has 0 bridgehead atoms. The van der Waals surface area contributed by atoms with E-state index in [1.165, 1.54) is 25.7 Å². The third-order valence-corrected chi connectivity index (χ3v) is 5.27. The van der Waals surface area contributed by atoms with Crippen LogP contribution in [0.4, 0.5) is 0 Å². The van der Waals surface area contributed by atoms with E-state index in [-0.39, 0.29) is 5.41 Å². The monoisotopic (exact) mass is 251 g/mol. The molecule has 1 heterocycles. The molecule has 2 rings (SSSR count). The molecule has 104 valence electrons. The summed E-state index contributed by atoms with van der Waals surface area (Å²) in [5.74, 6) is 1.65. The van der Waals surface area contributed by atoms with Crippen molar-refractivity contribution in [2.45, 2.75) is 65.2 Å². The van der Waals surface area contributed by atoms with Crippen LogP contribution in [-0.4, -0.2) is 18.9 Å². The lowest BCUT2D eigenvalue weighted by Gasteiger charge is -2.37. The lowest BCUT2D eigenvalue weighted by atomic mass is 9.66. The predicted octanol–water partition coefficient (Wildman–Crippen LogP) is 3.55. The van der Waals surface area contributed by atoms with Crippen LogP contribution in [0.25, 0.3) is 0 Å². The Morgan fingerprint density at radius 3 is 2.67 bits per heavy atom. The molecular weight excluding hydrogens is 222 g/mol. The Balaban J connectivity index is 2.11. The van der Waals surface area contributed by atoms with E-state index in [9.17, 15) is 4.79 Å². The maximum Gasteiger partial charge on any atom is 0.143 e. The molecule has 2 nitrogen and oxygen atoms in total. The zero-order valence-corrected chi connectivity index (χ0v) is 12.1. The van der Waals surface area contributed by atoms with Gasteiger partial charge >= 0.3 is 0 Å². The second-order valence-corrected chi connectivity index (χ2v) is 6.38. The van der Waals surface area contributed by atoms with Gasteiger partial charge in [-0.15, -0.1) is 0 Å². The van der Waals surface area contributed by atoms with Crippen LogP contribution < -0.4 is 5.32 Å². The third kappa shape index (κ3) is 2.64. The van der Waals surface area contributed by atoms with Gasteiger partial charge < -0.3 is 5.32 Å². The highest BCUT2D eigenvalue weighted by molar-refractivity contribution is 5.88. The Kier molecular flexibility index (Phi) is 4.83. The van der Waals surface area contributed by atoms with E-state index in [4.69, 9.17) is 0 Å². The smallest absolute Gasteiger partial charge is 0.143 e. The molecule has 1 saturated carbocycles. The van der Waals surface area contributed by atoms with Crippen molar-refractivity contribution in [1.82, 2.24) is 5.32 Å². The first kappa shape index (κ1) is 14.0. The van der Waals surface area contributed by atoms with Crippen LogP contribution in [-0.2, 0) is 4.79 Å². The Morgan fingerprint density at radius 2 is 2.06 bits per heavy atom. The predicted molar refractivity (Wildman–Crippen MR) is 75.6 cm³/mol. The second-order valence-electron chi connectivity index (χ2n) is 6.38. The fourth-order valence-electron chi connectivity index (χ4n) is 4.20. The Morgan fingerprint density at radius 1 is 1.28 bits per heavy atom. The number of carbonyl (C=O) groups is 1. The van der Waals surface area contributed by atoms with Crippen LogP contribution in [0.2, 0.25) is 0 Å². The van der Waals surface area contributed by atoms with Gasteiger partial charge in [0.25, 0.3) is 0 Å². The van der Waals surface area contributed by atoms with Crippen LogP contribution in [0.5, 0.6) is 0 Å². The standard InChI is InChI=1S/C16H29NO/c1-3-9-16(10-11-17-12-16)15(18)14-8-6-5-7-13(14)4-2/h13-14,17H,3-12H2,1-2H3. The van der Waals surface area contributed by atoms with E-state index < -0.39 is 0 Å². The number of nitrogens with one attached hydrogen (secondary N) is 1. The van der Waals surface area contributed by atoms with Gasteiger partial charge in [-0.05, 0) is 38.1 Å². The van der Waals surface area contributed by atoms with Crippen LogP contribution >= 0.6 is 0 Å². The highest BCUT2D eigenvalue weighted by Gasteiger charge is 2.45. The summed E-state index contributed by atoms with van der Waals surface area (Å²) in [5.41, 5.74) is -0.00975. The molecule has 2 heteroatoms. The number of Topliss-reactive ketones (excluding diaryl/α,β-unsaturated/α-hetero) is 1. The third-order valence-electron chi connectivity index (χ3n) is 5.27. The first-order valence-electron chi connectivity index (χ1n) is 7.98. The molecular formula is C16H29NO. The zero-order valence-electron chi connectivity index (χ0n) is 12.1. The molecule has 1 N–H and O–H groups in total. The molecule has 3 atom stereocenters. The molecule has 0 aromatic rings. The van der Waals surface area contributed by atoms with Crippen LogP contribution in [0, 0.1) is 17.3 Å². The Hall–Kier alpha value is -0.370. The van der Waals surface area contributed by atoms with Gasteiger partial charge in [-0.1, -0.05) is 39.5 Å². The molecule has 0 amide bonds. The first-order valence-corrected chi connectivity index (χ1v) is 7.98. The second kappa shape index (κ2) is 6.18. The first-order chi connectivity index (χ1) is 8.73. The van der Waals surface area contributed by atoms with E-state index in [1.807, 2.05) is 0 Å². The minimum Gasteiger partial charge on any atom is -0.316 e. The molecule has 0 spiro atoms. The highest BCUT2D eigenvalue weighted by Crippen LogP contribution is 2.41. The van der Waals surface area contributed by atoms with Crippen molar-refractivity contribution in [2.75, 3.05) is 13.1 Å². The van der Waals surface area contributed by atoms with Crippen molar-refractivity contribution in [3.05, 3.63) is 0 Å². The molecule has 0 aromatic carbocycles. The van der Waals surface area contributed by atoms with Gasteiger partial charge in [-0.3, -0.25) is 4.79 Å². The summed E-state index contributed by atoms with van der Waals surface area (Å²) in [6.45, 7) is 6.45. The quantitative estimate of drug-likeness (QED) is 0.809. The number of hydrogen-bond donors (Lipinski definition) is 1. The minimum absolute atomic E-state index is 0.00975. The van der Waals surface area contributed by atoms with Gasteiger partial charge in [0.05, 0.1) is 0 Å². The maximum atomic E-state index is 13.0. The topological polar surface area (TPSA) is 29.1 Å². The molecule has 1 aliphatic carbocycles. The van der Waals surface area contributed by atoms with E-state index >= 15 is 0 Å². The fraction of sp³-hybridized carbons (Fsp3) is 0.938. The number of ketones is 1. The molecule has 18 heavy (non-hydrogen) atoms. The van der Waals surface area contributed by atoms with Crippen LogP contribution in [0.1, 0.15) is 65.2 Å². The van der Waals surface area contributed by atoms with Crippen molar-refractivity contribution < 1.29 is 4.79 Å². The average Bonchev–Trinajstić information content (AvgIpc) is 2.88. The van der Waals surface area contributed by atoms with Gasteiger partial charge in [-0.25, -0.2) is 0 Å². The maximum absolute atomic E-state index is 13.0. The van der Waals surface area contributed by atoms with Crippen molar-refractivity contribution in [3.63, 3.8) is 0 Å². The summed E-state index contributed by atoms with van der Waals surface area (Å²) in [4.78, 5) is 13.0. The van der Waals surface area contributed by atoms with Crippen LogP contribution in [0.3, 0.4) is 0 Å². The Labute approximate surface area is 112 Å². The summed E-state index contributed by atoms with van der Waals surface area (Å²) < 4.78 is 0. The van der Waals surface area contributed by atoms with Crippen molar-refractivity contribution >= 4 is 5.78 Å². The highest BCUT2D eigenvalue weighted by atomic mass is 16.1. The SMILES string of the molecule is CCCC1(C(=O)C2CCCCC2CC)CCNC1. The molecule has 0 radical (unpaired) electrons. The molecule has 0 aromatic heterocycles. The summed E-state index contributed by atoms with van der Waals surface area (Å²) in [6.07, 6.45) is 9.52. The molecule has 1 aliphatic heterocycles. The van der Waals surface area contributed by atoms with Gasteiger partial charge in [-0.2, -0.15) is 0 Å².